The van der Waals surface area contributed by atoms with E-state index in [1.165, 1.54) is 24.3 Å². The van der Waals surface area contributed by atoms with Gasteiger partial charge in [0.15, 0.2) is 0 Å². The van der Waals surface area contributed by atoms with Crippen molar-refractivity contribution in [1.82, 2.24) is 0 Å². The van der Waals surface area contributed by atoms with Crippen molar-refractivity contribution in [2.24, 2.45) is 5.92 Å². The Morgan fingerprint density at radius 1 is 1.44 bits per heavy atom. The molecule has 0 spiro atoms. The minimum Gasteiger partial charge on any atom is -0.466 e. The molecule has 1 aromatic carbocycles. The average molecular weight is 253 g/mol. The molecule has 0 unspecified atom stereocenters. The summed E-state index contributed by atoms with van der Waals surface area (Å²) in [5.41, 5.74) is 0.385. The molecule has 1 rings (SSSR count). The number of esters is 1. The second-order valence-corrected chi connectivity index (χ2v) is 3.83. The van der Waals surface area contributed by atoms with Crippen molar-refractivity contribution in [3.05, 3.63) is 39.9 Å². The topological polar surface area (TPSA) is 89.7 Å². The quantitative estimate of drug-likeness (QED) is 0.491. The van der Waals surface area contributed by atoms with Gasteiger partial charge in [0.25, 0.3) is 5.69 Å². The Bertz CT molecular complexity index is 429. The van der Waals surface area contributed by atoms with Crippen LogP contribution in [0.2, 0.25) is 0 Å². The number of carbonyl (C=O) groups is 1. The number of rotatable bonds is 5. The maximum Gasteiger partial charge on any atom is 0.311 e. The Morgan fingerprint density at radius 2 is 2.00 bits per heavy atom. The molecule has 0 aliphatic carbocycles. The summed E-state index contributed by atoms with van der Waals surface area (Å²) in [5, 5.41) is 20.4. The van der Waals surface area contributed by atoms with E-state index in [0.717, 1.165) is 0 Å². The molecule has 6 nitrogen and oxygen atoms in total. The van der Waals surface area contributed by atoms with Gasteiger partial charge in [-0.2, -0.15) is 0 Å². The second kappa shape index (κ2) is 6.11. The molecular formula is C12H15NO5. The Labute approximate surface area is 104 Å². The highest BCUT2D eigenvalue weighted by atomic mass is 16.6. The highest BCUT2D eigenvalue weighted by Gasteiger charge is 2.24. The van der Waals surface area contributed by atoms with E-state index in [-0.39, 0.29) is 12.3 Å². The third kappa shape index (κ3) is 3.27. The van der Waals surface area contributed by atoms with Crippen LogP contribution in [0.4, 0.5) is 5.69 Å². The number of aliphatic hydroxyl groups excluding tert-OH is 1. The van der Waals surface area contributed by atoms with Crippen molar-refractivity contribution in [3.63, 3.8) is 0 Å². The predicted octanol–water partition coefficient (Wildman–Crippen LogP) is 1.83. The van der Waals surface area contributed by atoms with Crippen molar-refractivity contribution in [1.29, 1.82) is 0 Å². The van der Waals surface area contributed by atoms with Crippen LogP contribution in [0.15, 0.2) is 24.3 Å². The molecule has 6 heteroatoms. The molecule has 0 aliphatic heterocycles. The molecule has 0 saturated carbocycles. The van der Waals surface area contributed by atoms with Crippen LogP contribution in [0.1, 0.15) is 25.5 Å². The van der Waals surface area contributed by atoms with E-state index in [1.54, 1.807) is 13.8 Å². The summed E-state index contributed by atoms with van der Waals surface area (Å²) in [6.07, 6.45) is -1.04. The Morgan fingerprint density at radius 3 is 2.44 bits per heavy atom. The summed E-state index contributed by atoms with van der Waals surface area (Å²) in [7, 11) is 0. The van der Waals surface area contributed by atoms with E-state index in [2.05, 4.69) is 0 Å². The molecule has 0 saturated heterocycles. The molecule has 98 valence electrons. The van der Waals surface area contributed by atoms with Crippen molar-refractivity contribution >= 4 is 11.7 Å². The molecule has 2 atom stereocenters. The molecule has 1 aromatic rings. The van der Waals surface area contributed by atoms with Gasteiger partial charge in [-0.05, 0) is 31.5 Å². The second-order valence-electron chi connectivity index (χ2n) is 3.83. The normalized spacial score (nSPS) is 13.7. The van der Waals surface area contributed by atoms with Crippen LogP contribution in [-0.2, 0) is 9.53 Å². The maximum absolute atomic E-state index is 11.4. The van der Waals surface area contributed by atoms with E-state index in [0.29, 0.717) is 5.56 Å². The molecule has 0 amide bonds. The lowest BCUT2D eigenvalue weighted by atomic mass is 9.97. The summed E-state index contributed by atoms with van der Waals surface area (Å²) in [6.45, 7) is 3.48. The highest BCUT2D eigenvalue weighted by Crippen LogP contribution is 2.24. The molecule has 1 N–H and O–H groups in total. The number of nitro groups is 1. The maximum atomic E-state index is 11.4. The van der Waals surface area contributed by atoms with Gasteiger partial charge in [0.2, 0.25) is 0 Å². The number of carbonyl (C=O) groups excluding carboxylic acids is 1. The lowest BCUT2D eigenvalue weighted by Gasteiger charge is -2.17. The summed E-state index contributed by atoms with van der Waals surface area (Å²) in [4.78, 5) is 21.4. The van der Waals surface area contributed by atoms with Gasteiger partial charge in [-0.15, -0.1) is 0 Å². The molecule has 0 bridgehead atoms. The number of hydrogen-bond acceptors (Lipinski definition) is 5. The van der Waals surface area contributed by atoms with Crippen molar-refractivity contribution < 1.29 is 19.6 Å². The van der Waals surface area contributed by atoms with Gasteiger partial charge in [-0.3, -0.25) is 14.9 Å². The van der Waals surface area contributed by atoms with Crippen LogP contribution in [0.5, 0.6) is 0 Å². The van der Waals surface area contributed by atoms with E-state index in [1.807, 2.05) is 0 Å². The first kappa shape index (κ1) is 14.1. The van der Waals surface area contributed by atoms with Gasteiger partial charge >= 0.3 is 5.97 Å². The first-order chi connectivity index (χ1) is 8.47. The molecule has 0 heterocycles. The van der Waals surface area contributed by atoms with Crippen LogP contribution < -0.4 is 0 Å². The standard InChI is InChI=1S/C12H15NO5/c1-3-18-12(15)8(2)11(14)9-4-6-10(7-5-9)13(16)17/h4-8,11,14H,3H2,1-2H3/t8-,11-/m0/s1. The Balaban J connectivity index is 2.80. The third-order valence-corrected chi connectivity index (χ3v) is 2.58. The zero-order valence-electron chi connectivity index (χ0n) is 10.2. The summed E-state index contributed by atoms with van der Waals surface area (Å²) in [6, 6.07) is 5.43. The van der Waals surface area contributed by atoms with Gasteiger partial charge in [0, 0.05) is 12.1 Å². The fraction of sp³-hybridized carbons (Fsp3) is 0.417. The monoisotopic (exact) mass is 253 g/mol. The van der Waals surface area contributed by atoms with Crippen LogP contribution in [0.25, 0.3) is 0 Å². The highest BCUT2D eigenvalue weighted by molar-refractivity contribution is 5.73. The van der Waals surface area contributed by atoms with Crippen LogP contribution in [0, 0.1) is 16.0 Å². The van der Waals surface area contributed by atoms with Crippen LogP contribution in [0.3, 0.4) is 0 Å². The van der Waals surface area contributed by atoms with E-state index in [4.69, 9.17) is 4.74 Å². The molecular weight excluding hydrogens is 238 g/mol. The van der Waals surface area contributed by atoms with Gasteiger partial charge in [-0.25, -0.2) is 0 Å². The molecule has 18 heavy (non-hydrogen) atoms. The third-order valence-electron chi connectivity index (χ3n) is 2.58. The van der Waals surface area contributed by atoms with E-state index >= 15 is 0 Å². The first-order valence-corrected chi connectivity index (χ1v) is 5.56. The fourth-order valence-corrected chi connectivity index (χ4v) is 1.48. The number of benzene rings is 1. The fourth-order valence-electron chi connectivity index (χ4n) is 1.48. The van der Waals surface area contributed by atoms with Gasteiger partial charge in [0.1, 0.15) is 0 Å². The van der Waals surface area contributed by atoms with Crippen LogP contribution in [-0.4, -0.2) is 22.6 Å². The largest absolute Gasteiger partial charge is 0.466 e. The molecule has 0 aromatic heterocycles. The van der Waals surface area contributed by atoms with E-state index in [9.17, 15) is 20.0 Å². The van der Waals surface area contributed by atoms with Crippen molar-refractivity contribution in [3.8, 4) is 0 Å². The average Bonchev–Trinajstić information content (AvgIpc) is 2.37. The number of nitrogens with zero attached hydrogens (tertiary/aromatic N) is 1. The number of aliphatic hydroxyl groups is 1. The van der Waals surface area contributed by atoms with Gasteiger partial charge in [-0.1, -0.05) is 0 Å². The summed E-state index contributed by atoms with van der Waals surface area (Å²) in [5.74, 6) is -1.21. The van der Waals surface area contributed by atoms with Gasteiger partial charge in [0.05, 0.1) is 23.6 Å². The minimum absolute atomic E-state index is 0.0604. The van der Waals surface area contributed by atoms with Crippen molar-refractivity contribution in [2.75, 3.05) is 6.61 Å². The zero-order valence-corrected chi connectivity index (χ0v) is 10.2. The Kier molecular flexibility index (Phi) is 4.79. The number of hydrogen-bond donors (Lipinski definition) is 1. The predicted molar refractivity (Wildman–Crippen MR) is 63.9 cm³/mol. The first-order valence-electron chi connectivity index (χ1n) is 5.56. The summed E-state index contributed by atoms with van der Waals surface area (Å²) < 4.78 is 4.80. The molecule has 0 fully saturated rings. The smallest absolute Gasteiger partial charge is 0.311 e. The number of ether oxygens (including phenoxy) is 1. The van der Waals surface area contributed by atoms with Gasteiger partial charge < -0.3 is 9.84 Å². The van der Waals surface area contributed by atoms with Crippen molar-refractivity contribution in [2.45, 2.75) is 20.0 Å². The summed E-state index contributed by atoms with van der Waals surface area (Å²) >= 11 is 0. The SMILES string of the molecule is CCOC(=O)[C@@H](C)[C@H](O)c1ccc([N+](=O)[O-])cc1. The molecule has 0 aliphatic rings. The zero-order chi connectivity index (χ0) is 13.7. The lowest BCUT2D eigenvalue weighted by molar-refractivity contribution is -0.384. The minimum atomic E-state index is -1.04. The number of non-ortho nitro benzene ring substituents is 1. The Hall–Kier alpha value is -1.95. The number of nitro benzene ring substituents is 1. The lowest BCUT2D eigenvalue weighted by Crippen LogP contribution is -2.21. The van der Waals surface area contributed by atoms with E-state index < -0.39 is 22.9 Å². The van der Waals surface area contributed by atoms with Crippen LogP contribution >= 0.6 is 0 Å². The molecule has 0 radical (unpaired) electrons.